The summed E-state index contributed by atoms with van der Waals surface area (Å²) < 4.78 is 7.62. The van der Waals surface area contributed by atoms with Crippen LogP contribution in [0, 0.1) is 11.8 Å². The van der Waals surface area contributed by atoms with Gasteiger partial charge in [0, 0.05) is 30.9 Å². The van der Waals surface area contributed by atoms with Gasteiger partial charge in [0.05, 0.1) is 11.4 Å². The molecule has 1 unspecified atom stereocenters. The third-order valence-corrected chi connectivity index (χ3v) is 5.52. The first-order valence-electron chi connectivity index (χ1n) is 10.5. The number of hydrogen-bond acceptors (Lipinski definition) is 7. The van der Waals surface area contributed by atoms with E-state index in [9.17, 15) is 4.79 Å². The van der Waals surface area contributed by atoms with Crippen LogP contribution in [0.1, 0.15) is 19.4 Å². The Morgan fingerprint density at radius 1 is 1.15 bits per heavy atom. The van der Waals surface area contributed by atoms with Crippen LogP contribution in [0.3, 0.4) is 0 Å². The lowest BCUT2D eigenvalue weighted by atomic mass is 10.1. The molecule has 3 aromatic heterocycles. The number of likely N-dealkylation sites (tertiary alicyclic amines) is 1. The molecule has 2 N–H and O–H groups in total. The Balaban J connectivity index is 1.48. The van der Waals surface area contributed by atoms with E-state index in [1.165, 1.54) is 6.33 Å². The first kappa shape index (κ1) is 20.5. The van der Waals surface area contributed by atoms with E-state index in [1.54, 1.807) is 24.1 Å². The van der Waals surface area contributed by atoms with Crippen molar-refractivity contribution in [2.45, 2.75) is 19.4 Å². The van der Waals surface area contributed by atoms with Crippen molar-refractivity contribution in [1.29, 1.82) is 0 Å². The van der Waals surface area contributed by atoms with Gasteiger partial charge in [-0.3, -0.25) is 4.79 Å². The fourth-order valence-corrected chi connectivity index (χ4v) is 3.95. The Kier molecular flexibility index (Phi) is 5.32. The highest BCUT2D eigenvalue weighted by atomic mass is 16.5. The summed E-state index contributed by atoms with van der Waals surface area (Å²) in [6.45, 7) is 2.78. The summed E-state index contributed by atoms with van der Waals surface area (Å²) in [5.41, 5.74) is 8.25. The zero-order chi connectivity index (χ0) is 22.8. The molecule has 0 bridgehead atoms. The van der Waals surface area contributed by atoms with E-state index < -0.39 is 0 Å². The van der Waals surface area contributed by atoms with E-state index in [0.717, 1.165) is 12.0 Å². The van der Waals surface area contributed by atoms with E-state index in [4.69, 9.17) is 15.6 Å². The number of nitrogens with zero attached hydrogens (tertiary/aromatic N) is 6. The van der Waals surface area contributed by atoms with E-state index in [0.29, 0.717) is 47.3 Å². The molecule has 0 aliphatic carbocycles. The first-order chi connectivity index (χ1) is 16.1. The molecule has 164 valence electrons. The molecule has 1 fully saturated rings. The summed E-state index contributed by atoms with van der Waals surface area (Å²) in [6.07, 6.45) is 3.87. The first-order valence-corrected chi connectivity index (χ1v) is 10.5. The van der Waals surface area contributed by atoms with Crippen LogP contribution in [0.15, 0.2) is 55.0 Å². The number of ether oxygens (including phenoxy) is 1. The summed E-state index contributed by atoms with van der Waals surface area (Å²) in [6, 6.07) is 13.1. The summed E-state index contributed by atoms with van der Waals surface area (Å²) >= 11 is 0. The fourth-order valence-electron chi connectivity index (χ4n) is 3.95. The van der Waals surface area contributed by atoms with Gasteiger partial charge in [-0.25, -0.2) is 19.6 Å². The highest BCUT2D eigenvalue weighted by Crippen LogP contribution is 2.34. The largest absolute Gasteiger partial charge is 0.439 e. The second kappa shape index (κ2) is 8.59. The number of benzene rings is 1. The van der Waals surface area contributed by atoms with Crippen LogP contribution in [0.25, 0.3) is 22.3 Å². The van der Waals surface area contributed by atoms with Crippen LogP contribution in [0.5, 0.6) is 11.6 Å². The smallest absolute Gasteiger partial charge is 0.298 e. The van der Waals surface area contributed by atoms with Crippen molar-refractivity contribution < 1.29 is 9.53 Å². The number of fused-ring (bicyclic) bond motifs is 1. The number of para-hydroxylation sites is 1. The molecule has 9 heteroatoms. The Morgan fingerprint density at radius 2 is 2.00 bits per heavy atom. The van der Waals surface area contributed by atoms with Crippen LogP contribution in [0.2, 0.25) is 0 Å². The Morgan fingerprint density at radius 3 is 2.76 bits per heavy atom. The van der Waals surface area contributed by atoms with E-state index in [2.05, 4.69) is 26.8 Å². The normalized spacial score (nSPS) is 15.3. The SMILES string of the molecule is CC#CC(=O)N1CCC(n2nc(-c3ccc(Oc4ccccc4)nc3)c3c(N)ncnc32)C1. The predicted molar refractivity (Wildman–Crippen MR) is 123 cm³/mol. The topological polar surface area (TPSA) is 112 Å². The Hall–Kier alpha value is -4.45. The van der Waals surface area contributed by atoms with Gasteiger partial charge in [-0.15, -0.1) is 0 Å². The molecule has 1 aliphatic heterocycles. The Labute approximate surface area is 190 Å². The lowest BCUT2D eigenvalue weighted by Gasteiger charge is -2.14. The third kappa shape index (κ3) is 3.94. The molecule has 1 atom stereocenters. The predicted octanol–water partition coefficient (Wildman–Crippen LogP) is 3.06. The van der Waals surface area contributed by atoms with Crippen molar-refractivity contribution in [3.63, 3.8) is 0 Å². The standard InChI is InChI=1S/C24H21N7O2/c1-2-6-20(32)30-12-11-17(14-30)31-24-21(23(25)27-15-28-24)22(29-31)16-9-10-19(26-13-16)33-18-7-4-3-5-8-18/h3-5,7-10,13,15,17H,11-12,14H2,1H3,(H2,25,27,28). The number of nitrogens with two attached hydrogens (primary N) is 1. The van der Waals surface area contributed by atoms with Crippen LogP contribution in [0.4, 0.5) is 5.82 Å². The van der Waals surface area contributed by atoms with E-state index in [-0.39, 0.29) is 11.9 Å². The maximum absolute atomic E-state index is 12.2. The zero-order valence-corrected chi connectivity index (χ0v) is 18.0. The highest BCUT2D eigenvalue weighted by molar-refractivity contribution is 5.98. The lowest BCUT2D eigenvalue weighted by Crippen LogP contribution is -2.28. The summed E-state index contributed by atoms with van der Waals surface area (Å²) in [7, 11) is 0. The maximum Gasteiger partial charge on any atom is 0.298 e. The molecule has 1 aliphatic rings. The molecule has 4 aromatic rings. The molecule has 1 amide bonds. The van der Waals surface area contributed by atoms with Gasteiger partial charge in [-0.2, -0.15) is 5.10 Å². The van der Waals surface area contributed by atoms with Gasteiger partial charge in [0.15, 0.2) is 5.65 Å². The quantitative estimate of drug-likeness (QED) is 0.486. The van der Waals surface area contributed by atoms with Gasteiger partial charge in [-0.1, -0.05) is 24.1 Å². The zero-order valence-electron chi connectivity index (χ0n) is 18.0. The number of carbonyl (C=O) groups excluding carboxylic acids is 1. The minimum absolute atomic E-state index is 0.0354. The number of pyridine rings is 1. The maximum atomic E-state index is 12.2. The highest BCUT2D eigenvalue weighted by Gasteiger charge is 2.30. The van der Waals surface area contributed by atoms with Gasteiger partial charge in [0.2, 0.25) is 5.88 Å². The van der Waals surface area contributed by atoms with Crippen LogP contribution in [-0.4, -0.2) is 48.6 Å². The number of aromatic nitrogens is 5. The van der Waals surface area contributed by atoms with Gasteiger partial charge >= 0.3 is 0 Å². The van der Waals surface area contributed by atoms with Crippen molar-refractivity contribution >= 4 is 22.8 Å². The Bertz CT molecular complexity index is 1370. The molecule has 1 aromatic carbocycles. The molecule has 0 spiro atoms. The summed E-state index contributed by atoms with van der Waals surface area (Å²) in [5, 5.41) is 5.50. The number of carbonyl (C=O) groups is 1. The molecule has 5 rings (SSSR count). The van der Waals surface area contributed by atoms with Crippen molar-refractivity contribution in [1.82, 2.24) is 29.6 Å². The summed E-state index contributed by atoms with van der Waals surface area (Å²) in [4.78, 5) is 27.0. The number of hydrogen-bond donors (Lipinski definition) is 1. The molecule has 1 saturated heterocycles. The molecular formula is C24H21N7O2. The van der Waals surface area contributed by atoms with Crippen molar-refractivity contribution in [2.75, 3.05) is 18.8 Å². The molecule has 33 heavy (non-hydrogen) atoms. The molecule has 0 saturated carbocycles. The minimum atomic E-state index is -0.177. The average molecular weight is 439 g/mol. The molecule has 9 nitrogen and oxygen atoms in total. The monoisotopic (exact) mass is 439 g/mol. The van der Waals surface area contributed by atoms with Crippen molar-refractivity contribution in [3.8, 4) is 34.7 Å². The van der Waals surface area contributed by atoms with Crippen LogP contribution in [-0.2, 0) is 4.79 Å². The summed E-state index contributed by atoms with van der Waals surface area (Å²) in [5.74, 6) is 6.61. The molecular weight excluding hydrogens is 418 g/mol. The number of rotatable bonds is 4. The van der Waals surface area contributed by atoms with Crippen molar-refractivity contribution in [2.24, 2.45) is 0 Å². The second-order valence-electron chi connectivity index (χ2n) is 7.62. The number of anilines is 1. The van der Waals surface area contributed by atoms with Crippen LogP contribution < -0.4 is 10.5 Å². The lowest BCUT2D eigenvalue weighted by molar-refractivity contribution is -0.124. The molecule has 4 heterocycles. The third-order valence-electron chi connectivity index (χ3n) is 5.52. The molecule has 0 radical (unpaired) electrons. The second-order valence-corrected chi connectivity index (χ2v) is 7.62. The van der Waals surface area contributed by atoms with Gasteiger partial charge in [0.1, 0.15) is 23.6 Å². The van der Waals surface area contributed by atoms with E-state index >= 15 is 0 Å². The minimum Gasteiger partial charge on any atom is -0.439 e. The van der Waals surface area contributed by atoms with Gasteiger partial charge in [0.25, 0.3) is 5.91 Å². The van der Waals surface area contributed by atoms with Gasteiger partial charge in [-0.05, 0) is 37.5 Å². The number of amides is 1. The van der Waals surface area contributed by atoms with Crippen molar-refractivity contribution in [3.05, 3.63) is 55.0 Å². The van der Waals surface area contributed by atoms with Gasteiger partial charge < -0.3 is 15.4 Å². The fraction of sp³-hybridized carbons (Fsp3) is 0.208. The number of nitrogen functional groups attached to an aromatic ring is 1. The van der Waals surface area contributed by atoms with Crippen LogP contribution >= 0.6 is 0 Å². The average Bonchev–Trinajstić information content (AvgIpc) is 3.47. The van der Waals surface area contributed by atoms with E-state index in [1.807, 2.05) is 41.1 Å².